The Bertz CT molecular complexity index is 1580. The first kappa shape index (κ1) is 24.2. The number of amides is 1. The smallest absolute Gasteiger partial charge is 0.286 e. The first-order valence-electron chi connectivity index (χ1n) is 10.8. The molecular weight excluding hydrogens is 464 g/mol. The van der Waals surface area contributed by atoms with Crippen LogP contribution in [0.5, 0.6) is 11.5 Å². The zero-order valence-corrected chi connectivity index (χ0v) is 20.2. The molecule has 1 N–H and O–H groups in total. The molecule has 0 bridgehead atoms. The Balaban J connectivity index is 1.84. The number of anilines is 1. The molecule has 0 fully saturated rings. The van der Waals surface area contributed by atoms with Crippen LogP contribution in [0.15, 0.2) is 36.5 Å². The van der Waals surface area contributed by atoms with Gasteiger partial charge in [-0.15, -0.1) is 0 Å². The van der Waals surface area contributed by atoms with Crippen LogP contribution in [0.25, 0.3) is 16.7 Å². The third-order valence-corrected chi connectivity index (χ3v) is 5.72. The molecule has 0 saturated heterocycles. The van der Waals surface area contributed by atoms with Crippen molar-refractivity contribution in [3.05, 3.63) is 74.5 Å². The highest BCUT2D eigenvalue weighted by atomic mass is 16.6. The molecule has 0 aliphatic carbocycles. The molecular formula is C25H22N6O5. The number of ether oxygens (including phenoxy) is 2. The Morgan fingerprint density at radius 2 is 1.78 bits per heavy atom. The van der Waals surface area contributed by atoms with E-state index < -0.39 is 16.5 Å². The van der Waals surface area contributed by atoms with Crippen molar-refractivity contribution in [3.8, 4) is 23.4 Å². The van der Waals surface area contributed by atoms with Gasteiger partial charge in [0.05, 0.1) is 36.9 Å². The minimum Gasteiger partial charge on any atom is -0.493 e. The second kappa shape index (κ2) is 9.34. The van der Waals surface area contributed by atoms with Crippen LogP contribution in [0, 0.1) is 42.2 Å². The number of nitrogens with one attached hydrogen (secondary N) is 1. The van der Waals surface area contributed by atoms with Crippen molar-refractivity contribution >= 4 is 28.3 Å². The topological polar surface area (TPSA) is 145 Å². The van der Waals surface area contributed by atoms with Gasteiger partial charge in [-0.05, 0) is 44.0 Å². The molecule has 182 valence electrons. The molecule has 2 aromatic carbocycles. The van der Waals surface area contributed by atoms with E-state index >= 15 is 0 Å². The minimum atomic E-state index is -0.829. The van der Waals surface area contributed by atoms with Gasteiger partial charge >= 0.3 is 0 Å². The van der Waals surface area contributed by atoms with Crippen LogP contribution in [-0.2, 0) is 0 Å². The standard InChI is InChI=1S/C25H22N6O5/c1-13-6-15(3)23-17(7-13)14(2)8-22(28-23)30-24(16(11-26)12-27-30)29-25(32)18-9-20(35-4)21(36-5)10-19(18)31(33)34/h6-10,12H,1-5H3,(H,29,32). The van der Waals surface area contributed by atoms with Gasteiger partial charge in [-0.2, -0.15) is 15.0 Å². The number of fused-ring (bicyclic) bond motifs is 1. The van der Waals surface area contributed by atoms with Gasteiger partial charge in [0.25, 0.3) is 11.6 Å². The van der Waals surface area contributed by atoms with Crippen molar-refractivity contribution in [2.75, 3.05) is 19.5 Å². The molecule has 0 aliphatic rings. The molecule has 1 amide bonds. The molecule has 0 unspecified atom stereocenters. The second-order valence-electron chi connectivity index (χ2n) is 8.14. The molecule has 2 aromatic heterocycles. The summed E-state index contributed by atoms with van der Waals surface area (Å²) in [5, 5.41) is 29.1. The number of nitro benzene ring substituents is 1. The summed E-state index contributed by atoms with van der Waals surface area (Å²) >= 11 is 0. The van der Waals surface area contributed by atoms with Gasteiger partial charge in [0, 0.05) is 11.5 Å². The van der Waals surface area contributed by atoms with Gasteiger partial charge in [-0.25, -0.2) is 4.98 Å². The van der Waals surface area contributed by atoms with Crippen LogP contribution in [-0.4, -0.2) is 39.8 Å². The number of pyridine rings is 1. The summed E-state index contributed by atoms with van der Waals surface area (Å²) in [6.45, 7) is 5.90. The van der Waals surface area contributed by atoms with Crippen molar-refractivity contribution in [1.29, 1.82) is 5.26 Å². The zero-order valence-electron chi connectivity index (χ0n) is 20.2. The molecule has 11 nitrogen and oxygen atoms in total. The number of carbonyl (C=O) groups excluding carboxylic acids is 1. The van der Waals surface area contributed by atoms with Crippen LogP contribution in [0.3, 0.4) is 0 Å². The van der Waals surface area contributed by atoms with Crippen molar-refractivity contribution in [2.45, 2.75) is 20.8 Å². The zero-order chi connectivity index (χ0) is 26.1. The number of hydrogen-bond acceptors (Lipinski definition) is 8. The number of hydrogen-bond donors (Lipinski definition) is 1. The van der Waals surface area contributed by atoms with E-state index in [4.69, 9.17) is 14.5 Å². The fraction of sp³-hybridized carbons (Fsp3) is 0.200. The van der Waals surface area contributed by atoms with Crippen molar-refractivity contribution in [2.24, 2.45) is 0 Å². The summed E-state index contributed by atoms with van der Waals surface area (Å²) < 4.78 is 11.6. The van der Waals surface area contributed by atoms with Crippen LogP contribution in [0.2, 0.25) is 0 Å². The fourth-order valence-corrected chi connectivity index (χ4v) is 4.04. The number of aryl methyl sites for hydroxylation is 3. The Morgan fingerprint density at radius 3 is 2.42 bits per heavy atom. The molecule has 36 heavy (non-hydrogen) atoms. The van der Waals surface area contributed by atoms with Gasteiger partial charge in [0.2, 0.25) is 0 Å². The first-order chi connectivity index (χ1) is 17.2. The van der Waals surface area contributed by atoms with Crippen molar-refractivity contribution in [3.63, 3.8) is 0 Å². The van der Waals surface area contributed by atoms with Crippen LogP contribution < -0.4 is 14.8 Å². The van der Waals surface area contributed by atoms with E-state index in [0.717, 1.165) is 33.7 Å². The maximum Gasteiger partial charge on any atom is 0.286 e. The molecule has 0 radical (unpaired) electrons. The number of nitriles is 1. The number of methoxy groups -OCH3 is 2. The number of rotatable bonds is 6. The molecule has 11 heteroatoms. The highest BCUT2D eigenvalue weighted by Crippen LogP contribution is 2.35. The molecule has 0 spiro atoms. The van der Waals surface area contributed by atoms with Gasteiger partial charge < -0.3 is 14.8 Å². The molecule has 4 rings (SSSR count). The van der Waals surface area contributed by atoms with E-state index in [1.807, 2.05) is 39.0 Å². The predicted molar refractivity (Wildman–Crippen MR) is 132 cm³/mol. The van der Waals surface area contributed by atoms with E-state index in [1.165, 1.54) is 31.2 Å². The Kier molecular flexibility index (Phi) is 6.27. The number of carbonyl (C=O) groups is 1. The Morgan fingerprint density at radius 1 is 1.08 bits per heavy atom. The number of nitro groups is 1. The van der Waals surface area contributed by atoms with E-state index in [1.54, 1.807) is 6.07 Å². The lowest BCUT2D eigenvalue weighted by molar-refractivity contribution is -0.385. The lowest BCUT2D eigenvalue weighted by Crippen LogP contribution is -2.18. The Labute approximate surface area is 206 Å². The minimum absolute atomic E-state index is 0.0302. The van der Waals surface area contributed by atoms with E-state index in [-0.39, 0.29) is 28.4 Å². The lowest BCUT2D eigenvalue weighted by Gasteiger charge is -2.13. The van der Waals surface area contributed by atoms with E-state index in [0.29, 0.717) is 5.82 Å². The van der Waals surface area contributed by atoms with Crippen molar-refractivity contribution in [1.82, 2.24) is 14.8 Å². The molecule has 2 heterocycles. The second-order valence-corrected chi connectivity index (χ2v) is 8.14. The van der Waals surface area contributed by atoms with E-state index in [9.17, 15) is 20.2 Å². The van der Waals surface area contributed by atoms with Gasteiger partial charge in [-0.1, -0.05) is 11.6 Å². The highest BCUT2D eigenvalue weighted by molar-refractivity contribution is 6.08. The number of nitrogens with zero attached hydrogens (tertiary/aromatic N) is 5. The normalized spacial score (nSPS) is 10.7. The quantitative estimate of drug-likeness (QED) is 0.312. The summed E-state index contributed by atoms with van der Waals surface area (Å²) in [5.41, 5.74) is 3.07. The molecule has 0 atom stereocenters. The number of benzene rings is 2. The summed E-state index contributed by atoms with van der Waals surface area (Å²) in [6.07, 6.45) is 1.29. The maximum absolute atomic E-state index is 13.2. The summed E-state index contributed by atoms with van der Waals surface area (Å²) in [7, 11) is 2.69. The van der Waals surface area contributed by atoms with Crippen molar-refractivity contribution < 1.29 is 19.2 Å². The first-order valence-corrected chi connectivity index (χ1v) is 10.8. The highest BCUT2D eigenvalue weighted by Gasteiger charge is 2.27. The third kappa shape index (κ3) is 4.16. The maximum atomic E-state index is 13.2. The number of aromatic nitrogens is 3. The summed E-state index contributed by atoms with van der Waals surface area (Å²) in [6, 6.07) is 10.2. The molecule has 4 aromatic rings. The van der Waals surface area contributed by atoms with Gasteiger partial charge in [0.15, 0.2) is 23.1 Å². The van der Waals surface area contributed by atoms with Crippen LogP contribution in [0.1, 0.15) is 32.6 Å². The lowest BCUT2D eigenvalue weighted by atomic mass is 10.0. The predicted octanol–water partition coefficient (Wildman–Crippen LogP) is 4.40. The SMILES string of the molecule is COc1cc(C(=O)Nc2c(C#N)cnn2-c2cc(C)c3cc(C)cc(C)c3n2)c([N+](=O)[O-])cc1OC. The van der Waals surface area contributed by atoms with Gasteiger partial charge in [-0.3, -0.25) is 14.9 Å². The average molecular weight is 486 g/mol. The van der Waals surface area contributed by atoms with E-state index in [2.05, 4.69) is 10.4 Å². The third-order valence-electron chi connectivity index (χ3n) is 5.72. The van der Waals surface area contributed by atoms with Gasteiger partial charge in [0.1, 0.15) is 17.2 Å². The van der Waals surface area contributed by atoms with Crippen LogP contribution >= 0.6 is 0 Å². The van der Waals surface area contributed by atoms with Crippen LogP contribution in [0.4, 0.5) is 11.5 Å². The fourth-order valence-electron chi connectivity index (χ4n) is 4.04. The summed E-state index contributed by atoms with van der Waals surface area (Å²) in [5.74, 6) is -0.178. The average Bonchev–Trinajstić information content (AvgIpc) is 3.25. The largest absolute Gasteiger partial charge is 0.493 e. The monoisotopic (exact) mass is 486 g/mol. The molecule has 0 saturated carbocycles. The molecule has 0 aliphatic heterocycles. The summed E-state index contributed by atoms with van der Waals surface area (Å²) in [4.78, 5) is 28.9. The Hall–Kier alpha value is -4.98.